The first-order valence-corrected chi connectivity index (χ1v) is 7.16. The Morgan fingerprint density at radius 1 is 1.00 bits per heavy atom. The highest BCUT2D eigenvalue weighted by Crippen LogP contribution is 2.51. The van der Waals surface area contributed by atoms with E-state index < -0.39 is 7.14 Å². The number of hydrogen-bond acceptors (Lipinski definition) is 3. The molecule has 3 rings (SSSR count). The average Bonchev–Trinajstić information content (AvgIpc) is 2.39. The topological polar surface area (TPSA) is 76.2 Å². The summed E-state index contributed by atoms with van der Waals surface area (Å²) in [4.78, 5) is 0. The summed E-state index contributed by atoms with van der Waals surface area (Å²) >= 11 is 0. The van der Waals surface area contributed by atoms with Crippen LogP contribution >= 0.6 is 7.14 Å². The Balaban J connectivity index is 2.38. The number of amidine groups is 1. The van der Waals surface area contributed by atoms with Crippen molar-refractivity contribution >= 4 is 23.3 Å². The molecule has 0 aliphatic carbocycles. The second-order valence-electron chi connectivity index (χ2n) is 4.03. The quantitative estimate of drug-likeness (QED) is 0.466. The number of benzene rings is 2. The lowest BCUT2D eigenvalue weighted by Gasteiger charge is -2.27. The summed E-state index contributed by atoms with van der Waals surface area (Å²) in [5, 5.41) is 8.70. The van der Waals surface area contributed by atoms with Crippen molar-refractivity contribution in [2.24, 2.45) is 5.73 Å². The van der Waals surface area contributed by atoms with Crippen LogP contribution in [-0.2, 0) is 4.57 Å². The van der Waals surface area contributed by atoms with Crippen LogP contribution in [0.15, 0.2) is 48.5 Å². The van der Waals surface area contributed by atoms with Gasteiger partial charge < -0.3 is 15.0 Å². The summed E-state index contributed by atoms with van der Waals surface area (Å²) in [6, 6.07) is 14.0. The van der Waals surface area contributed by atoms with Crippen LogP contribution in [0.1, 0.15) is 0 Å². The molecule has 90 valence electrons. The lowest BCUT2D eigenvalue weighted by molar-refractivity contribution is 0.485. The fourth-order valence-electron chi connectivity index (χ4n) is 2.11. The first kappa shape index (κ1) is 11.1. The van der Waals surface area contributed by atoms with Crippen molar-refractivity contribution in [3.05, 3.63) is 48.5 Å². The van der Waals surface area contributed by atoms with E-state index in [1.807, 2.05) is 0 Å². The van der Waals surface area contributed by atoms with Crippen molar-refractivity contribution in [1.29, 1.82) is 5.41 Å². The molecule has 0 saturated carbocycles. The van der Waals surface area contributed by atoms with E-state index in [1.54, 1.807) is 48.5 Å². The Labute approximate surface area is 104 Å². The highest BCUT2D eigenvalue weighted by atomic mass is 31.2. The van der Waals surface area contributed by atoms with Crippen molar-refractivity contribution in [3.63, 3.8) is 0 Å². The number of nitrogens with one attached hydrogen (secondary N) is 1. The van der Waals surface area contributed by atoms with Gasteiger partial charge in [0, 0.05) is 0 Å². The third-order valence-electron chi connectivity index (χ3n) is 2.97. The molecule has 18 heavy (non-hydrogen) atoms. The Bertz CT molecular complexity index is 647. The Hall–Kier alpha value is -2.06. The van der Waals surface area contributed by atoms with Gasteiger partial charge in [0.1, 0.15) is 11.5 Å². The zero-order valence-corrected chi connectivity index (χ0v) is 10.4. The van der Waals surface area contributed by atoms with E-state index in [4.69, 9.17) is 15.9 Å². The van der Waals surface area contributed by atoms with Crippen LogP contribution in [0.25, 0.3) is 0 Å². The summed E-state index contributed by atoms with van der Waals surface area (Å²) in [5.41, 5.74) is 5.28. The third-order valence-corrected chi connectivity index (χ3v) is 5.74. The van der Waals surface area contributed by atoms with Crippen LogP contribution in [0.4, 0.5) is 0 Å². The Morgan fingerprint density at radius 3 is 1.89 bits per heavy atom. The molecule has 0 aromatic heterocycles. The van der Waals surface area contributed by atoms with Crippen LogP contribution in [0.5, 0.6) is 11.5 Å². The molecule has 4 nitrogen and oxygen atoms in total. The molecule has 0 atom stereocenters. The minimum atomic E-state index is -3.23. The summed E-state index contributed by atoms with van der Waals surface area (Å²) < 4.78 is 18.8. The monoisotopic (exact) mass is 258 g/mol. The van der Waals surface area contributed by atoms with Crippen molar-refractivity contribution in [3.8, 4) is 11.5 Å². The predicted molar refractivity (Wildman–Crippen MR) is 71.7 cm³/mol. The van der Waals surface area contributed by atoms with Gasteiger partial charge in [-0.05, 0) is 24.3 Å². The second-order valence-corrected chi connectivity index (χ2v) is 6.70. The van der Waals surface area contributed by atoms with Crippen LogP contribution in [-0.4, -0.2) is 5.58 Å². The molecule has 5 heteroatoms. The Kier molecular flexibility index (Phi) is 2.28. The van der Waals surface area contributed by atoms with Gasteiger partial charge in [-0.3, -0.25) is 5.41 Å². The molecule has 2 aromatic carbocycles. The molecule has 0 fully saturated rings. The van der Waals surface area contributed by atoms with Gasteiger partial charge in [0.2, 0.25) is 7.14 Å². The summed E-state index contributed by atoms with van der Waals surface area (Å²) in [7, 11) is -3.23. The van der Waals surface area contributed by atoms with E-state index in [2.05, 4.69) is 0 Å². The molecule has 0 spiro atoms. The summed E-state index contributed by atoms with van der Waals surface area (Å²) in [6.07, 6.45) is 0. The molecule has 0 amide bonds. The zero-order valence-electron chi connectivity index (χ0n) is 9.46. The number of para-hydroxylation sites is 2. The smallest absolute Gasteiger partial charge is 0.210 e. The zero-order chi connectivity index (χ0) is 12.8. The van der Waals surface area contributed by atoms with Crippen LogP contribution in [0, 0.1) is 5.41 Å². The van der Waals surface area contributed by atoms with E-state index in [1.165, 1.54) is 0 Å². The molecule has 0 saturated heterocycles. The normalized spacial score (nSPS) is 15.1. The van der Waals surface area contributed by atoms with E-state index in [9.17, 15) is 4.57 Å². The molecule has 1 aliphatic rings. The summed E-state index contributed by atoms with van der Waals surface area (Å²) in [5.74, 6) is 1.02. The molecule has 0 bridgehead atoms. The maximum absolute atomic E-state index is 13.1. The van der Waals surface area contributed by atoms with Gasteiger partial charge in [-0.15, -0.1) is 0 Å². The van der Waals surface area contributed by atoms with Gasteiger partial charge in [0.15, 0.2) is 5.58 Å². The van der Waals surface area contributed by atoms with Gasteiger partial charge >= 0.3 is 0 Å². The van der Waals surface area contributed by atoms with Crippen molar-refractivity contribution in [1.82, 2.24) is 0 Å². The maximum Gasteiger partial charge on any atom is 0.210 e. The fraction of sp³-hybridized carbons (Fsp3) is 0. The number of hydrogen-bond donors (Lipinski definition) is 2. The SMILES string of the molecule is N=C(N)P1(=O)c2ccccc2Oc2ccccc21. The van der Waals surface area contributed by atoms with Crippen LogP contribution in [0.2, 0.25) is 0 Å². The molecular weight excluding hydrogens is 247 g/mol. The molecule has 3 N–H and O–H groups in total. The van der Waals surface area contributed by atoms with Gasteiger partial charge in [-0.2, -0.15) is 0 Å². The lowest BCUT2D eigenvalue weighted by atomic mass is 10.3. The molecular formula is C13H11N2O2P. The largest absolute Gasteiger partial charge is 0.456 e. The number of fused-ring (bicyclic) bond motifs is 2. The first-order valence-electron chi connectivity index (χ1n) is 5.46. The first-order chi connectivity index (χ1) is 8.64. The van der Waals surface area contributed by atoms with E-state index in [0.717, 1.165) is 0 Å². The highest BCUT2D eigenvalue weighted by molar-refractivity contribution is 7.93. The van der Waals surface area contributed by atoms with Gasteiger partial charge in [-0.25, -0.2) is 0 Å². The van der Waals surface area contributed by atoms with Gasteiger partial charge in [-0.1, -0.05) is 24.3 Å². The predicted octanol–water partition coefficient (Wildman–Crippen LogP) is 2.00. The minimum Gasteiger partial charge on any atom is -0.456 e. The maximum atomic E-state index is 13.1. The van der Waals surface area contributed by atoms with Crippen LogP contribution in [0.3, 0.4) is 0 Å². The number of ether oxygens (including phenoxy) is 1. The number of nitrogens with two attached hydrogens (primary N) is 1. The highest BCUT2D eigenvalue weighted by Gasteiger charge is 2.39. The number of rotatable bonds is 1. The summed E-state index contributed by atoms with van der Waals surface area (Å²) in [6.45, 7) is 0. The van der Waals surface area contributed by atoms with E-state index in [-0.39, 0.29) is 5.58 Å². The standard InChI is InChI=1S/C13H11N2O2P/c14-13(15)18(16)11-7-3-1-5-9(11)17-10-6-2-4-8-12(10)18/h1-8H,(H3,14,15). The van der Waals surface area contributed by atoms with E-state index >= 15 is 0 Å². The molecule has 0 radical (unpaired) electrons. The fourth-order valence-corrected chi connectivity index (χ4v) is 4.35. The molecule has 0 unspecified atom stereocenters. The van der Waals surface area contributed by atoms with Crippen molar-refractivity contribution < 1.29 is 9.30 Å². The second kappa shape index (κ2) is 3.72. The van der Waals surface area contributed by atoms with Gasteiger partial charge in [0.05, 0.1) is 10.6 Å². The Morgan fingerprint density at radius 2 is 1.44 bits per heavy atom. The van der Waals surface area contributed by atoms with Crippen molar-refractivity contribution in [2.45, 2.75) is 0 Å². The van der Waals surface area contributed by atoms with Crippen molar-refractivity contribution in [2.75, 3.05) is 0 Å². The van der Waals surface area contributed by atoms with Crippen LogP contribution < -0.4 is 21.1 Å². The molecule has 1 heterocycles. The molecule has 1 aliphatic heterocycles. The average molecular weight is 258 g/mol. The lowest BCUT2D eigenvalue weighted by Crippen LogP contribution is -2.31. The van der Waals surface area contributed by atoms with Gasteiger partial charge in [0.25, 0.3) is 0 Å². The minimum absolute atomic E-state index is 0.314. The molecule has 2 aromatic rings. The third kappa shape index (κ3) is 1.33. The van der Waals surface area contributed by atoms with E-state index in [0.29, 0.717) is 22.1 Å².